The van der Waals surface area contributed by atoms with E-state index in [4.69, 9.17) is 10.8 Å². The fourth-order valence-corrected chi connectivity index (χ4v) is 1.33. The zero-order valence-corrected chi connectivity index (χ0v) is 7.88. The number of hydrogen-bond acceptors (Lipinski definition) is 2. The van der Waals surface area contributed by atoms with Crippen molar-refractivity contribution >= 4 is 0 Å². The predicted octanol–water partition coefficient (Wildman–Crippen LogP) is 1.52. The summed E-state index contributed by atoms with van der Waals surface area (Å²) in [5, 5.41) is 9.12. The van der Waals surface area contributed by atoms with Crippen molar-refractivity contribution < 1.29 is 5.11 Å². The summed E-state index contributed by atoms with van der Waals surface area (Å²) in [5.41, 5.74) is 5.71. The molecule has 68 valence electrons. The molecule has 1 aliphatic rings. The summed E-state index contributed by atoms with van der Waals surface area (Å²) in [6, 6.07) is 0.230. The Kier molecular flexibility index (Phi) is 5.51. The summed E-state index contributed by atoms with van der Waals surface area (Å²) in [6.07, 6.45) is 2.69. The summed E-state index contributed by atoms with van der Waals surface area (Å²) in [7, 11) is 0. The number of hydrogen-bond donors (Lipinski definition) is 2. The molecule has 0 aromatic heterocycles. The summed E-state index contributed by atoms with van der Waals surface area (Å²) < 4.78 is 0. The van der Waals surface area contributed by atoms with E-state index in [0.29, 0.717) is 5.92 Å². The van der Waals surface area contributed by atoms with Crippen molar-refractivity contribution in [3.63, 3.8) is 0 Å². The number of nitrogens with two attached hydrogens (primary N) is 1. The van der Waals surface area contributed by atoms with E-state index in [1.54, 1.807) is 0 Å². The van der Waals surface area contributed by atoms with E-state index >= 15 is 0 Å². The van der Waals surface area contributed by atoms with Crippen molar-refractivity contribution in [1.29, 1.82) is 0 Å². The Morgan fingerprint density at radius 3 is 2.18 bits per heavy atom. The van der Waals surface area contributed by atoms with Crippen LogP contribution >= 0.6 is 0 Å². The first-order valence-corrected chi connectivity index (χ1v) is 4.64. The zero-order chi connectivity index (χ0) is 8.85. The highest BCUT2D eigenvalue weighted by Gasteiger charge is 2.22. The van der Waals surface area contributed by atoms with Gasteiger partial charge in [-0.3, -0.25) is 0 Å². The normalized spacial score (nSPS) is 37.4. The second-order valence-corrected chi connectivity index (χ2v) is 3.11. The van der Waals surface area contributed by atoms with Crippen LogP contribution in [0.1, 0.15) is 40.0 Å². The van der Waals surface area contributed by atoms with Gasteiger partial charge in [0.15, 0.2) is 0 Å². The van der Waals surface area contributed by atoms with Gasteiger partial charge in [0.2, 0.25) is 0 Å². The smallest absolute Gasteiger partial charge is 0.0555 e. The molecule has 1 rings (SSSR count). The number of aliphatic hydroxyl groups is 1. The molecular formula is C9H21NO. The Labute approximate surface area is 69.8 Å². The Balaban J connectivity index is 0.000000461. The van der Waals surface area contributed by atoms with Crippen molar-refractivity contribution in [2.24, 2.45) is 11.7 Å². The summed E-state index contributed by atoms with van der Waals surface area (Å²) in [5.74, 6) is 0.605. The largest absolute Gasteiger partial charge is 0.393 e. The molecule has 0 spiro atoms. The van der Waals surface area contributed by atoms with Gasteiger partial charge in [-0.25, -0.2) is 0 Å². The fourth-order valence-electron chi connectivity index (χ4n) is 1.33. The van der Waals surface area contributed by atoms with Crippen LogP contribution in [0.2, 0.25) is 0 Å². The molecule has 0 radical (unpaired) electrons. The minimum Gasteiger partial charge on any atom is -0.393 e. The molecule has 3 N–H and O–H groups in total. The van der Waals surface area contributed by atoms with Crippen LogP contribution < -0.4 is 5.73 Å². The topological polar surface area (TPSA) is 46.2 Å². The van der Waals surface area contributed by atoms with Crippen molar-refractivity contribution in [3.05, 3.63) is 0 Å². The maximum absolute atomic E-state index is 9.12. The molecule has 1 fully saturated rings. The second kappa shape index (κ2) is 5.56. The first-order chi connectivity index (χ1) is 5.20. The molecular weight excluding hydrogens is 138 g/mol. The van der Waals surface area contributed by atoms with E-state index in [1.807, 2.05) is 13.8 Å². The van der Waals surface area contributed by atoms with Crippen molar-refractivity contribution in [2.75, 3.05) is 0 Å². The van der Waals surface area contributed by atoms with E-state index in [1.165, 1.54) is 0 Å². The van der Waals surface area contributed by atoms with E-state index in [9.17, 15) is 0 Å². The van der Waals surface area contributed by atoms with Crippen molar-refractivity contribution in [3.8, 4) is 0 Å². The molecule has 0 heterocycles. The van der Waals surface area contributed by atoms with E-state index in [0.717, 1.165) is 19.3 Å². The van der Waals surface area contributed by atoms with Gasteiger partial charge in [0.25, 0.3) is 0 Å². The van der Waals surface area contributed by atoms with Crippen LogP contribution in [-0.2, 0) is 0 Å². The Bertz CT molecular complexity index is 95.6. The average Bonchev–Trinajstić information content (AvgIpc) is 2.02. The van der Waals surface area contributed by atoms with Gasteiger partial charge in [-0.1, -0.05) is 20.8 Å². The lowest BCUT2D eigenvalue weighted by Gasteiger charge is -2.28. The highest BCUT2D eigenvalue weighted by Crippen LogP contribution is 2.22. The van der Waals surface area contributed by atoms with Gasteiger partial charge in [-0.2, -0.15) is 0 Å². The molecule has 0 aromatic carbocycles. The third-order valence-corrected chi connectivity index (χ3v) is 2.23. The van der Waals surface area contributed by atoms with Crippen LogP contribution in [-0.4, -0.2) is 17.3 Å². The van der Waals surface area contributed by atoms with Gasteiger partial charge >= 0.3 is 0 Å². The minimum atomic E-state index is -0.129. The first-order valence-electron chi connectivity index (χ1n) is 4.64. The lowest BCUT2D eigenvalue weighted by molar-refractivity contribution is 0.0998. The van der Waals surface area contributed by atoms with Gasteiger partial charge < -0.3 is 10.8 Å². The Morgan fingerprint density at radius 2 is 1.82 bits per heavy atom. The van der Waals surface area contributed by atoms with Crippen LogP contribution in [0.5, 0.6) is 0 Å². The quantitative estimate of drug-likeness (QED) is 0.563. The maximum Gasteiger partial charge on any atom is 0.0555 e. The van der Waals surface area contributed by atoms with Crippen LogP contribution in [0, 0.1) is 5.92 Å². The molecule has 3 unspecified atom stereocenters. The lowest BCUT2D eigenvalue weighted by atomic mass is 9.85. The molecule has 1 aliphatic carbocycles. The molecule has 0 saturated heterocycles. The summed E-state index contributed by atoms with van der Waals surface area (Å²) in [6.45, 7) is 6.15. The highest BCUT2D eigenvalue weighted by molar-refractivity contribution is 4.79. The monoisotopic (exact) mass is 159 g/mol. The molecule has 0 amide bonds. The summed E-state index contributed by atoms with van der Waals surface area (Å²) in [4.78, 5) is 0. The van der Waals surface area contributed by atoms with Gasteiger partial charge in [0.1, 0.15) is 0 Å². The second-order valence-electron chi connectivity index (χ2n) is 3.11. The highest BCUT2D eigenvalue weighted by atomic mass is 16.3. The SMILES string of the molecule is CC.CC1CCC(O)CC1N. The molecule has 2 nitrogen and oxygen atoms in total. The zero-order valence-electron chi connectivity index (χ0n) is 7.88. The third-order valence-electron chi connectivity index (χ3n) is 2.23. The van der Waals surface area contributed by atoms with E-state index in [2.05, 4.69) is 6.92 Å². The molecule has 2 heteroatoms. The number of aliphatic hydroxyl groups excluding tert-OH is 1. The first kappa shape index (κ1) is 10.9. The van der Waals surface area contributed by atoms with Gasteiger partial charge in [0, 0.05) is 6.04 Å². The number of rotatable bonds is 0. The van der Waals surface area contributed by atoms with Crippen LogP contribution in [0.15, 0.2) is 0 Å². The Hall–Kier alpha value is -0.0800. The molecule has 0 aliphatic heterocycles. The van der Waals surface area contributed by atoms with Crippen LogP contribution in [0.3, 0.4) is 0 Å². The maximum atomic E-state index is 9.12. The predicted molar refractivity (Wildman–Crippen MR) is 48.3 cm³/mol. The average molecular weight is 159 g/mol. The molecule has 1 saturated carbocycles. The third kappa shape index (κ3) is 3.73. The van der Waals surface area contributed by atoms with Crippen LogP contribution in [0.4, 0.5) is 0 Å². The van der Waals surface area contributed by atoms with Gasteiger partial charge in [-0.05, 0) is 25.2 Å². The standard InChI is InChI=1S/C7H15NO.C2H6/c1-5-2-3-6(9)4-7(5)8;1-2/h5-7,9H,2-4,8H2,1H3;1-2H3. The molecule has 0 bridgehead atoms. The Morgan fingerprint density at radius 1 is 1.27 bits per heavy atom. The molecule has 3 atom stereocenters. The fraction of sp³-hybridized carbons (Fsp3) is 1.00. The molecule has 0 aromatic rings. The van der Waals surface area contributed by atoms with Crippen molar-refractivity contribution in [1.82, 2.24) is 0 Å². The summed E-state index contributed by atoms with van der Waals surface area (Å²) >= 11 is 0. The van der Waals surface area contributed by atoms with E-state index in [-0.39, 0.29) is 12.1 Å². The van der Waals surface area contributed by atoms with Crippen LogP contribution in [0.25, 0.3) is 0 Å². The van der Waals surface area contributed by atoms with Gasteiger partial charge in [0.05, 0.1) is 6.10 Å². The van der Waals surface area contributed by atoms with E-state index < -0.39 is 0 Å². The van der Waals surface area contributed by atoms with Crippen molar-refractivity contribution in [2.45, 2.75) is 52.2 Å². The van der Waals surface area contributed by atoms with Gasteiger partial charge in [-0.15, -0.1) is 0 Å². The lowest BCUT2D eigenvalue weighted by Crippen LogP contribution is -2.36. The molecule has 11 heavy (non-hydrogen) atoms. The minimum absolute atomic E-state index is 0.129.